The first-order valence-corrected chi connectivity index (χ1v) is 3.31. The van der Waals surface area contributed by atoms with Crippen LogP contribution in [0.2, 0.25) is 0 Å². The lowest BCUT2D eigenvalue weighted by Gasteiger charge is -2.06. The van der Waals surface area contributed by atoms with E-state index in [-0.39, 0.29) is 12.7 Å². The molecular weight excluding hydrogens is 118 g/mol. The Kier molecular flexibility index (Phi) is 5.93. The third kappa shape index (κ3) is 5.76. The molecule has 56 valence electrons. The molecule has 0 heterocycles. The van der Waals surface area contributed by atoms with Gasteiger partial charge in [-0.25, -0.2) is 0 Å². The lowest BCUT2D eigenvalue weighted by molar-refractivity contribution is 0.164. The van der Waals surface area contributed by atoms with Crippen LogP contribution in [0.3, 0.4) is 0 Å². The number of hydrogen-bond acceptors (Lipinski definition) is 3. The van der Waals surface area contributed by atoms with E-state index in [9.17, 15) is 0 Å². The van der Waals surface area contributed by atoms with Crippen molar-refractivity contribution < 1.29 is 10.2 Å². The highest BCUT2D eigenvalue weighted by molar-refractivity contribution is 4.55. The summed E-state index contributed by atoms with van der Waals surface area (Å²) in [6, 6.07) is 0. The SMILES string of the molecule is CCC(O)CNCCO. The van der Waals surface area contributed by atoms with Crippen LogP contribution in [0.1, 0.15) is 13.3 Å². The molecule has 0 amide bonds. The Morgan fingerprint density at radius 2 is 2.22 bits per heavy atom. The fourth-order valence-corrected chi connectivity index (χ4v) is 0.492. The first-order chi connectivity index (χ1) is 4.31. The minimum atomic E-state index is -0.267. The smallest absolute Gasteiger partial charge is 0.0662 e. The van der Waals surface area contributed by atoms with Gasteiger partial charge in [0.05, 0.1) is 12.7 Å². The molecule has 0 saturated carbocycles. The van der Waals surface area contributed by atoms with Gasteiger partial charge in [-0.15, -0.1) is 0 Å². The van der Waals surface area contributed by atoms with E-state index in [0.29, 0.717) is 13.1 Å². The number of aliphatic hydroxyl groups is 2. The second-order valence-corrected chi connectivity index (χ2v) is 1.99. The summed E-state index contributed by atoms with van der Waals surface area (Å²) in [5.41, 5.74) is 0. The monoisotopic (exact) mass is 133 g/mol. The van der Waals surface area contributed by atoms with Crippen molar-refractivity contribution in [3.05, 3.63) is 0 Å². The molecular formula is C6H15NO2. The quantitative estimate of drug-likeness (QED) is 0.436. The molecule has 1 unspecified atom stereocenters. The summed E-state index contributed by atoms with van der Waals surface area (Å²) in [6.07, 6.45) is 0.495. The molecule has 0 saturated heterocycles. The van der Waals surface area contributed by atoms with Crippen molar-refractivity contribution in [3.8, 4) is 0 Å². The molecule has 3 N–H and O–H groups in total. The molecule has 0 aromatic rings. The molecule has 0 fully saturated rings. The Hall–Kier alpha value is -0.120. The van der Waals surface area contributed by atoms with Crippen LogP contribution >= 0.6 is 0 Å². The van der Waals surface area contributed by atoms with Crippen LogP contribution in [0.4, 0.5) is 0 Å². The van der Waals surface area contributed by atoms with Gasteiger partial charge in [0.1, 0.15) is 0 Å². The summed E-state index contributed by atoms with van der Waals surface area (Å²) in [7, 11) is 0. The third-order valence-corrected chi connectivity index (χ3v) is 1.14. The number of rotatable bonds is 5. The molecule has 0 spiro atoms. The van der Waals surface area contributed by atoms with Crippen molar-refractivity contribution in [2.75, 3.05) is 19.7 Å². The van der Waals surface area contributed by atoms with Gasteiger partial charge in [0.25, 0.3) is 0 Å². The summed E-state index contributed by atoms with van der Waals surface area (Å²) < 4.78 is 0. The molecule has 0 aliphatic carbocycles. The summed E-state index contributed by atoms with van der Waals surface area (Å²) in [4.78, 5) is 0. The Labute approximate surface area is 55.7 Å². The molecule has 0 radical (unpaired) electrons. The zero-order chi connectivity index (χ0) is 7.11. The normalized spacial score (nSPS) is 13.7. The Bertz CT molecular complexity index is 59.0. The molecule has 9 heavy (non-hydrogen) atoms. The van der Waals surface area contributed by atoms with Crippen LogP contribution in [-0.2, 0) is 0 Å². The van der Waals surface area contributed by atoms with Crippen molar-refractivity contribution in [1.29, 1.82) is 0 Å². The predicted octanol–water partition coefficient (Wildman–Crippen LogP) is -0.661. The zero-order valence-electron chi connectivity index (χ0n) is 5.80. The lowest BCUT2D eigenvalue weighted by Crippen LogP contribution is -2.28. The summed E-state index contributed by atoms with van der Waals surface area (Å²) >= 11 is 0. The van der Waals surface area contributed by atoms with Crippen LogP contribution < -0.4 is 5.32 Å². The maximum atomic E-state index is 8.94. The van der Waals surface area contributed by atoms with Crippen LogP contribution in [0.25, 0.3) is 0 Å². The molecule has 3 nitrogen and oxygen atoms in total. The summed E-state index contributed by atoms with van der Waals surface area (Å²) in [5, 5.41) is 20.1. The first-order valence-electron chi connectivity index (χ1n) is 3.31. The molecule has 0 rings (SSSR count). The van der Waals surface area contributed by atoms with Crippen molar-refractivity contribution in [2.24, 2.45) is 0 Å². The van der Waals surface area contributed by atoms with Gasteiger partial charge in [0.2, 0.25) is 0 Å². The average molecular weight is 133 g/mol. The van der Waals surface area contributed by atoms with Crippen LogP contribution in [0.15, 0.2) is 0 Å². The zero-order valence-corrected chi connectivity index (χ0v) is 5.80. The second-order valence-electron chi connectivity index (χ2n) is 1.99. The van der Waals surface area contributed by atoms with Gasteiger partial charge >= 0.3 is 0 Å². The van der Waals surface area contributed by atoms with Gasteiger partial charge in [-0.1, -0.05) is 6.92 Å². The predicted molar refractivity (Wildman–Crippen MR) is 36.3 cm³/mol. The van der Waals surface area contributed by atoms with Gasteiger partial charge in [-0.05, 0) is 6.42 Å². The molecule has 1 atom stereocenters. The van der Waals surface area contributed by atoms with E-state index < -0.39 is 0 Å². The molecule has 0 aliphatic heterocycles. The topological polar surface area (TPSA) is 52.5 Å². The fraction of sp³-hybridized carbons (Fsp3) is 1.00. The number of nitrogens with one attached hydrogen (secondary N) is 1. The number of aliphatic hydroxyl groups excluding tert-OH is 2. The van der Waals surface area contributed by atoms with E-state index in [1.165, 1.54) is 0 Å². The minimum Gasteiger partial charge on any atom is -0.395 e. The van der Waals surface area contributed by atoms with Crippen molar-refractivity contribution >= 4 is 0 Å². The standard InChI is InChI=1S/C6H15NO2/c1-2-6(9)5-7-3-4-8/h6-9H,2-5H2,1H3. The van der Waals surface area contributed by atoms with Crippen molar-refractivity contribution in [1.82, 2.24) is 5.32 Å². The van der Waals surface area contributed by atoms with E-state index in [0.717, 1.165) is 6.42 Å². The van der Waals surface area contributed by atoms with E-state index in [4.69, 9.17) is 10.2 Å². The van der Waals surface area contributed by atoms with E-state index in [1.54, 1.807) is 0 Å². The minimum absolute atomic E-state index is 0.135. The molecule has 0 bridgehead atoms. The maximum Gasteiger partial charge on any atom is 0.0662 e. The molecule has 0 aromatic heterocycles. The third-order valence-electron chi connectivity index (χ3n) is 1.14. The summed E-state index contributed by atoms with van der Waals surface area (Å²) in [6.45, 7) is 3.20. The lowest BCUT2D eigenvalue weighted by atomic mass is 10.3. The van der Waals surface area contributed by atoms with E-state index >= 15 is 0 Å². The van der Waals surface area contributed by atoms with Gasteiger partial charge in [0, 0.05) is 13.1 Å². The molecule has 3 heteroatoms. The number of hydrogen-bond donors (Lipinski definition) is 3. The van der Waals surface area contributed by atoms with E-state index in [2.05, 4.69) is 5.32 Å². The van der Waals surface area contributed by atoms with Gasteiger partial charge < -0.3 is 15.5 Å². The largest absolute Gasteiger partial charge is 0.395 e. The average Bonchev–Trinajstić information content (AvgIpc) is 1.89. The highest BCUT2D eigenvalue weighted by atomic mass is 16.3. The van der Waals surface area contributed by atoms with Gasteiger partial charge in [-0.3, -0.25) is 0 Å². The molecule has 0 aromatic carbocycles. The fourth-order valence-electron chi connectivity index (χ4n) is 0.492. The summed E-state index contributed by atoms with van der Waals surface area (Å²) in [5.74, 6) is 0. The highest BCUT2D eigenvalue weighted by Crippen LogP contribution is 1.84. The maximum absolute atomic E-state index is 8.94. The van der Waals surface area contributed by atoms with Crippen molar-refractivity contribution in [2.45, 2.75) is 19.4 Å². The second kappa shape index (κ2) is 6.01. The van der Waals surface area contributed by atoms with Crippen molar-refractivity contribution in [3.63, 3.8) is 0 Å². The van der Waals surface area contributed by atoms with Crippen LogP contribution in [0.5, 0.6) is 0 Å². The Balaban J connectivity index is 2.88. The Morgan fingerprint density at radius 3 is 2.67 bits per heavy atom. The van der Waals surface area contributed by atoms with Crippen LogP contribution in [0, 0.1) is 0 Å². The van der Waals surface area contributed by atoms with Gasteiger partial charge in [-0.2, -0.15) is 0 Å². The van der Waals surface area contributed by atoms with Gasteiger partial charge in [0.15, 0.2) is 0 Å². The highest BCUT2D eigenvalue weighted by Gasteiger charge is 1.96. The molecule has 0 aliphatic rings. The Morgan fingerprint density at radius 1 is 1.56 bits per heavy atom. The van der Waals surface area contributed by atoms with Crippen LogP contribution in [-0.4, -0.2) is 36.0 Å². The van der Waals surface area contributed by atoms with E-state index in [1.807, 2.05) is 6.92 Å². The first kappa shape index (κ1) is 8.88.